The van der Waals surface area contributed by atoms with E-state index in [2.05, 4.69) is 144 Å². The van der Waals surface area contributed by atoms with Crippen LogP contribution in [-0.2, 0) is 0 Å². The summed E-state index contributed by atoms with van der Waals surface area (Å²) < 4.78 is 2.23. The van der Waals surface area contributed by atoms with Crippen molar-refractivity contribution in [2.45, 2.75) is 12.8 Å². The van der Waals surface area contributed by atoms with E-state index in [9.17, 15) is 0 Å². The van der Waals surface area contributed by atoms with Crippen molar-refractivity contribution in [3.8, 4) is 22.5 Å². The van der Waals surface area contributed by atoms with Crippen LogP contribution in [0.5, 0.6) is 0 Å². The van der Waals surface area contributed by atoms with E-state index in [1.54, 1.807) is 5.57 Å². The summed E-state index contributed by atoms with van der Waals surface area (Å²) in [7, 11) is 0. The molecule has 5 aromatic rings. The predicted molar refractivity (Wildman–Crippen MR) is 172 cm³/mol. The zero-order chi connectivity index (χ0) is 27.5. The Morgan fingerprint density at radius 2 is 1.60 bits per heavy atom. The topological polar surface area (TPSA) is 17.3 Å². The van der Waals surface area contributed by atoms with E-state index in [-0.39, 0.29) is 10.8 Å². The molecule has 1 spiro atoms. The molecule has 5 aliphatic carbocycles. The van der Waals surface area contributed by atoms with Gasteiger partial charge in [-0.15, -0.1) is 0 Å². The SMILES string of the molecule is C1=CC23C=CC4=CC=C(c5ccc(-c6c(-c7ccc8ccccc8c7)nc7ccccn67)cc5)C5=CCC(=C1)C2C45C3. The van der Waals surface area contributed by atoms with Crippen LogP contribution in [0.4, 0.5) is 0 Å². The molecule has 1 saturated carbocycles. The van der Waals surface area contributed by atoms with Crippen molar-refractivity contribution in [1.29, 1.82) is 0 Å². The van der Waals surface area contributed by atoms with Gasteiger partial charge in [0.1, 0.15) is 5.65 Å². The average molecular weight is 537 g/mol. The molecule has 0 amide bonds. The van der Waals surface area contributed by atoms with E-state index in [1.807, 2.05) is 0 Å². The van der Waals surface area contributed by atoms with Crippen LogP contribution in [0, 0.1) is 16.7 Å². The summed E-state index contributed by atoms with van der Waals surface area (Å²) >= 11 is 0. The van der Waals surface area contributed by atoms with Gasteiger partial charge in [0.2, 0.25) is 0 Å². The molecule has 3 aromatic carbocycles. The second kappa shape index (κ2) is 7.86. The first-order chi connectivity index (χ1) is 20.7. The van der Waals surface area contributed by atoms with Crippen molar-refractivity contribution in [3.05, 3.63) is 162 Å². The lowest BCUT2D eigenvalue weighted by atomic mass is 9.33. The third kappa shape index (κ3) is 2.77. The number of hydrogen-bond donors (Lipinski definition) is 0. The molecular formula is C40H28N2. The molecule has 2 heterocycles. The van der Waals surface area contributed by atoms with Crippen LogP contribution in [0.25, 0.3) is 44.5 Å². The average Bonchev–Trinajstić information content (AvgIpc) is 3.43. The van der Waals surface area contributed by atoms with Crippen LogP contribution >= 0.6 is 0 Å². The van der Waals surface area contributed by atoms with Crippen molar-refractivity contribution in [1.82, 2.24) is 9.38 Å². The number of pyridine rings is 1. The molecule has 198 valence electrons. The van der Waals surface area contributed by atoms with Gasteiger partial charge >= 0.3 is 0 Å². The van der Waals surface area contributed by atoms with Crippen LogP contribution in [0.15, 0.2) is 156 Å². The number of nitrogens with zero attached hydrogens (tertiary/aromatic N) is 2. The Kier molecular flexibility index (Phi) is 4.25. The molecule has 2 aromatic heterocycles. The minimum Gasteiger partial charge on any atom is -0.299 e. The first-order valence-corrected chi connectivity index (χ1v) is 15.0. The van der Waals surface area contributed by atoms with Gasteiger partial charge in [0.25, 0.3) is 0 Å². The van der Waals surface area contributed by atoms with Gasteiger partial charge in [0.05, 0.1) is 11.4 Å². The molecule has 1 fully saturated rings. The number of imidazole rings is 1. The van der Waals surface area contributed by atoms with Gasteiger partial charge < -0.3 is 0 Å². The van der Waals surface area contributed by atoms with Crippen molar-refractivity contribution in [2.24, 2.45) is 16.7 Å². The molecule has 2 bridgehead atoms. The highest BCUT2D eigenvalue weighted by Gasteiger charge is 2.68. The lowest BCUT2D eigenvalue weighted by molar-refractivity contribution is 0.0101. The smallest absolute Gasteiger partial charge is 0.137 e. The molecule has 0 aliphatic heterocycles. The molecule has 5 aliphatic rings. The fraction of sp³-hybridized carbons (Fsp3) is 0.125. The van der Waals surface area contributed by atoms with Gasteiger partial charge in [0, 0.05) is 34.1 Å². The molecule has 2 heteroatoms. The zero-order valence-corrected chi connectivity index (χ0v) is 23.2. The van der Waals surface area contributed by atoms with E-state index in [1.165, 1.54) is 45.0 Å². The van der Waals surface area contributed by atoms with E-state index in [0.29, 0.717) is 5.92 Å². The largest absolute Gasteiger partial charge is 0.299 e. The summed E-state index contributed by atoms with van der Waals surface area (Å²) in [5.74, 6) is 0.580. The van der Waals surface area contributed by atoms with Crippen LogP contribution in [0.2, 0.25) is 0 Å². The van der Waals surface area contributed by atoms with Crippen LogP contribution in [-0.4, -0.2) is 9.38 Å². The highest BCUT2D eigenvalue weighted by atomic mass is 15.0. The predicted octanol–water partition coefficient (Wildman–Crippen LogP) is 9.53. The number of hydrogen-bond acceptors (Lipinski definition) is 1. The van der Waals surface area contributed by atoms with E-state index in [0.717, 1.165) is 29.0 Å². The van der Waals surface area contributed by atoms with Gasteiger partial charge in [-0.3, -0.25) is 4.40 Å². The van der Waals surface area contributed by atoms with Gasteiger partial charge in [-0.05, 0) is 64.1 Å². The van der Waals surface area contributed by atoms with Crippen LogP contribution < -0.4 is 0 Å². The minimum absolute atomic E-state index is 0.136. The second-order valence-corrected chi connectivity index (χ2v) is 12.5. The van der Waals surface area contributed by atoms with Crippen molar-refractivity contribution < 1.29 is 0 Å². The Morgan fingerprint density at radius 1 is 0.762 bits per heavy atom. The quantitative estimate of drug-likeness (QED) is 0.224. The van der Waals surface area contributed by atoms with Crippen molar-refractivity contribution in [2.75, 3.05) is 0 Å². The van der Waals surface area contributed by atoms with E-state index >= 15 is 0 Å². The molecule has 0 saturated heterocycles. The number of fused-ring (bicyclic) bond motifs is 2. The summed E-state index contributed by atoms with van der Waals surface area (Å²) in [6, 6.07) is 30.7. The molecule has 0 radical (unpaired) electrons. The lowest BCUT2D eigenvalue weighted by Crippen LogP contribution is -2.61. The Balaban J connectivity index is 1.09. The third-order valence-corrected chi connectivity index (χ3v) is 10.6. The molecule has 10 rings (SSSR count). The number of aromatic nitrogens is 2. The second-order valence-electron chi connectivity index (χ2n) is 12.5. The van der Waals surface area contributed by atoms with Gasteiger partial charge in [-0.25, -0.2) is 4.98 Å². The van der Waals surface area contributed by atoms with Gasteiger partial charge in [0.15, 0.2) is 0 Å². The first kappa shape index (κ1) is 22.7. The van der Waals surface area contributed by atoms with E-state index < -0.39 is 0 Å². The van der Waals surface area contributed by atoms with Gasteiger partial charge in [-0.1, -0.05) is 121 Å². The Hall–Kier alpha value is -4.95. The molecule has 42 heavy (non-hydrogen) atoms. The fourth-order valence-corrected chi connectivity index (χ4v) is 8.83. The highest BCUT2D eigenvalue weighted by Crippen LogP contribution is 2.77. The van der Waals surface area contributed by atoms with Crippen molar-refractivity contribution in [3.63, 3.8) is 0 Å². The fourth-order valence-electron chi connectivity index (χ4n) is 8.83. The standard InChI is InChI=1S/C40H28N2/c1-2-7-30-24-31(15-10-26(30)6-1)36-37(42-23-4-3-9-35(42)41-36)28-13-11-27(12-14-28)33-18-17-32-20-22-39-21-5-8-29-16-19-34(33)40(32,25-39)38(29)39/h1-15,17-24,38H,16,25H2. The van der Waals surface area contributed by atoms with Crippen molar-refractivity contribution >= 4 is 22.0 Å². The van der Waals surface area contributed by atoms with Gasteiger partial charge in [-0.2, -0.15) is 0 Å². The first-order valence-electron chi connectivity index (χ1n) is 15.0. The summed E-state index contributed by atoms with van der Waals surface area (Å²) in [5, 5.41) is 2.48. The Bertz CT molecular complexity index is 2200. The molecule has 3 unspecified atom stereocenters. The Morgan fingerprint density at radius 3 is 2.52 bits per heavy atom. The highest BCUT2D eigenvalue weighted by molar-refractivity contribution is 5.92. The third-order valence-electron chi connectivity index (χ3n) is 10.6. The molecule has 2 nitrogen and oxygen atoms in total. The number of benzene rings is 3. The molecular weight excluding hydrogens is 508 g/mol. The van der Waals surface area contributed by atoms with Crippen LogP contribution in [0.1, 0.15) is 18.4 Å². The maximum atomic E-state index is 5.12. The number of allylic oxidation sites excluding steroid dienone is 12. The lowest BCUT2D eigenvalue weighted by Gasteiger charge is -2.69. The summed E-state index contributed by atoms with van der Waals surface area (Å²) in [6.45, 7) is 0. The zero-order valence-electron chi connectivity index (χ0n) is 23.2. The monoisotopic (exact) mass is 536 g/mol. The summed E-state index contributed by atoms with van der Waals surface area (Å²) in [5.41, 5.74) is 13.1. The number of rotatable bonds is 3. The summed E-state index contributed by atoms with van der Waals surface area (Å²) in [6.07, 6.45) is 23.7. The Labute approximate surface area is 245 Å². The minimum atomic E-state index is 0.136. The molecule has 0 N–H and O–H groups in total. The van der Waals surface area contributed by atoms with E-state index in [4.69, 9.17) is 4.98 Å². The normalized spacial score (nSPS) is 26.2. The molecule has 3 atom stereocenters. The maximum Gasteiger partial charge on any atom is 0.137 e. The van der Waals surface area contributed by atoms with Crippen LogP contribution in [0.3, 0.4) is 0 Å². The summed E-state index contributed by atoms with van der Waals surface area (Å²) in [4.78, 5) is 5.12. The maximum absolute atomic E-state index is 5.12.